The molecule has 6 nitrogen and oxygen atoms in total. The van der Waals surface area contributed by atoms with Gasteiger partial charge < -0.3 is 15.5 Å². The van der Waals surface area contributed by atoms with E-state index in [1.165, 1.54) is 0 Å². The Bertz CT molecular complexity index is 762. The number of rotatable bonds is 7. The van der Waals surface area contributed by atoms with Crippen molar-refractivity contribution in [3.63, 3.8) is 0 Å². The summed E-state index contributed by atoms with van der Waals surface area (Å²) in [5.74, 6) is 4.47. The summed E-state index contributed by atoms with van der Waals surface area (Å²) < 4.78 is 0. The number of nitrogens with one attached hydrogen (secondary N) is 2. The number of hydrogen-bond acceptors (Lipinski definition) is 6. The van der Waals surface area contributed by atoms with E-state index in [1.54, 1.807) is 6.33 Å². The fourth-order valence-electron chi connectivity index (χ4n) is 2.94. The molecule has 1 aliphatic heterocycles. The van der Waals surface area contributed by atoms with Crippen LogP contribution in [0.25, 0.3) is 0 Å². The molecular weight excluding hydrogens is 358 g/mol. The molecule has 27 heavy (non-hydrogen) atoms. The summed E-state index contributed by atoms with van der Waals surface area (Å²) in [6.45, 7) is 6.77. The fraction of sp³-hybridized carbons (Fsp3) is 0.450. The SMILES string of the molecule is CC(C)CC(=O)Nc1cccc(CNc2cc(N3CCSCC3)ncn2)c1. The van der Waals surface area contributed by atoms with Gasteiger partial charge in [-0.1, -0.05) is 26.0 Å². The average molecular weight is 386 g/mol. The molecule has 0 saturated carbocycles. The van der Waals surface area contributed by atoms with Gasteiger partial charge in [-0.3, -0.25) is 4.79 Å². The largest absolute Gasteiger partial charge is 0.366 e. The van der Waals surface area contributed by atoms with E-state index in [0.29, 0.717) is 18.9 Å². The summed E-state index contributed by atoms with van der Waals surface area (Å²) >= 11 is 1.98. The average Bonchev–Trinajstić information content (AvgIpc) is 2.67. The van der Waals surface area contributed by atoms with Crippen molar-refractivity contribution in [2.75, 3.05) is 40.1 Å². The Morgan fingerprint density at radius 2 is 2.04 bits per heavy atom. The molecule has 2 aromatic rings. The molecule has 7 heteroatoms. The van der Waals surface area contributed by atoms with Crippen LogP contribution in [0.2, 0.25) is 0 Å². The molecule has 2 N–H and O–H groups in total. The molecule has 2 heterocycles. The first-order valence-electron chi connectivity index (χ1n) is 9.37. The monoisotopic (exact) mass is 385 g/mol. The smallest absolute Gasteiger partial charge is 0.224 e. The maximum Gasteiger partial charge on any atom is 0.224 e. The van der Waals surface area contributed by atoms with E-state index in [0.717, 1.165) is 47.5 Å². The minimum atomic E-state index is 0.0512. The highest BCUT2D eigenvalue weighted by Gasteiger charge is 2.13. The molecule has 1 aromatic carbocycles. The van der Waals surface area contributed by atoms with Crippen LogP contribution in [0.15, 0.2) is 36.7 Å². The van der Waals surface area contributed by atoms with Crippen LogP contribution in [-0.2, 0) is 11.3 Å². The summed E-state index contributed by atoms with van der Waals surface area (Å²) in [5.41, 5.74) is 1.92. The Morgan fingerprint density at radius 1 is 1.22 bits per heavy atom. The molecule has 1 aliphatic rings. The lowest BCUT2D eigenvalue weighted by Gasteiger charge is -2.27. The van der Waals surface area contributed by atoms with Crippen molar-refractivity contribution < 1.29 is 4.79 Å². The Kier molecular flexibility index (Phi) is 6.92. The Hall–Kier alpha value is -2.28. The van der Waals surface area contributed by atoms with Gasteiger partial charge in [-0.05, 0) is 23.6 Å². The van der Waals surface area contributed by atoms with Crippen molar-refractivity contribution in [2.24, 2.45) is 5.92 Å². The van der Waals surface area contributed by atoms with E-state index in [-0.39, 0.29) is 5.91 Å². The summed E-state index contributed by atoms with van der Waals surface area (Å²) in [6, 6.07) is 9.91. The van der Waals surface area contributed by atoms with Crippen LogP contribution in [0.4, 0.5) is 17.3 Å². The van der Waals surface area contributed by atoms with Crippen LogP contribution in [0.1, 0.15) is 25.8 Å². The number of nitrogens with zero attached hydrogens (tertiary/aromatic N) is 3. The van der Waals surface area contributed by atoms with E-state index in [4.69, 9.17) is 0 Å². The zero-order chi connectivity index (χ0) is 19.1. The van der Waals surface area contributed by atoms with Crippen LogP contribution in [-0.4, -0.2) is 40.5 Å². The van der Waals surface area contributed by atoms with Crippen molar-refractivity contribution in [3.8, 4) is 0 Å². The molecular formula is C20H27N5OS. The van der Waals surface area contributed by atoms with Gasteiger partial charge in [0.15, 0.2) is 0 Å². The maximum absolute atomic E-state index is 12.0. The van der Waals surface area contributed by atoms with Crippen molar-refractivity contribution in [1.82, 2.24) is 9.97 Å². The predicted octanol–water partition coefficient (Wildman–Crippen LogP) is 3.63. The summed E-state index contributed by atoms with van der Waals surface area (Å²) in [6.07, 6.45) is 2.14. The normalized spacial score (nSPS) is 14.3. The van der Waals surface area contributed by atoms with Gasteiger partial charge in [0.1, 0.15) is 18.0 Å². The predicted molar refractivity (Wildman–Crippen MR) is 113 cm³/mol. The highest BCUT2D eigenvalue weighted by Crippen LogP contribution is 2.19. The molecule has 0 radical (unpaired) electrons. The number of aromatic nitrogens is 2. The molecule has 1 fully saturated rings. The maximum atomic E-state index is 12.0. The van der Waals surface area contributed by atoms with Gasteiger partial charge in [0.2, 0.25) is 5.91 Å². The van der Waals surface area contributed by atoms with E-state index < -0.39 is 0 Å². The van der Waals surface area contributed by atoms with Crippen molar-refractivity contribution >= 4 is 35.0 Å². The molecule has 3 rings (SSSR count). The highest BCUT2D eigenvalue weighted by molar-refractivity contribution is 7.99. The first-order chi connectivity index (χ1) is 13.1. The molecule has 0 aliphatic carbocycles. The van der Waals surface area contributed by atoms with Crippen molar-refractivity contribution in [3.05, 3.63) is 42.2 Å². The van der Waals surface area contributed by atoms with E-state index >= 15 is 0 Å². The summed E-state index contributed by atoms with van der Waals surface area (Å²) in [4.78, 5) is 23.0. The highest BCUT2D eigenvalue weighted by atomic mass is 32.2. The van der Waals surface area contributed by atoms with Crippen LogP contribution in [0, 0.1) is 5.92 Å². The zero-order valence-corrected chi connectivity index (χ0v) is 16.8. The fourth-order valence-corrected chi connectivity index (χ4v) is 3.85. The van der Waals surface area contributed by atoms with Crippen LogP contribution < -0.4 is 15.5 Å². The van der Waals surface area contributed by atoms with E-state index in [9.17, 15) is 4.79 Å². The van der Waals surface area contributed by atoms with Crippen LogP contribution in [0.3, 0.4) is 0 Å². The van der Waals surface area contributed by atoms with Gasteiger partial charge in [-0.15, -0.1) is 0 Å². The number of anilines is 3. The third-order valence-corrected chi connectivity index (χ3v) is 5.21. The number of thioether (sulfide) groups is 1. The third kappa shape index (κ3) is 6.13. The molecule has 1 saturated heterocycles. The number of benzene rings is 1. The van der Waals surface area contributed by atoms with Crippen molar-refractivity contribution in [1.29, 1.82) is 0 Å². The minimum Gasteiger partial charge on any atom is -0.366 e. The first-order valence-corrected chi connectivity index (χ1v) is 10.5. The van der Waals surface area contributed by atoms with E-state index in [1.807, 2.05) is 55.9 Å². The molecule has 0 bridgehead atoms. The van der Waals surface area contributed by atoms with Gasteiger partial charge >= 0.3 is 0 Å². The van der Waals surface area contributed by atoms with Crippen LogP contribution >= 0.6 is 11.8 Å². The lowest BCUT2D eigenvalue weighted by atomic mass is 10.1. The topological polar surface area (TPSA) is 70.2 Å². The lowest BCUT2D eigenvalue weighted by Crippen LogP contribution is -2.33. The van der Waals surface area contributed by atoms with Gasteiger partial charge in [-0.25, -0.2) is 9.97 Å². The summed E-state index contributed by atoms with van der Waals surface area (Å²) in [5, 5.41) is 6.32. The molecule has 0 spiro atoms. The van der Waals surface area contributed by atoms with Crippen LogP contribution in [0.5, 0.6) is 0 Å². The van der Waals surface area contributed by atoms with Crippen molar-refractivity contribution in [2.45, 2.75) is 26.8 Å². The third-order valence-electron chi connectivity index (χ3n) is 4.27. The molecule has 1 amide bonds. The second-order valence-corrected chi connectivity index (χ2v) is 8.29. The standard InChI is InChI=1S/C20H27N5OS/c1-15(2)10-20(26)24-17-5-3-4-16(11-17)13-21-18-12-19(23-14-22-18)25-6-8-27-9-7-25/h3-5,11-12,14-15H,6-10,13H2,1-2H3,(H,24,26)(H,21,22,23). The molecule has 1 aromatic heterocycles. The van der Waals surface area contributed by atoms with E-state index in [2.05, 4.69) is 25.5 Å². The number of carbonyl (C=O) groups excluding carboxylic acids is 1. The number of amides is 1. The van der Waals surface area contributed by atoms with Gasteiger partial charge in [0.25, 0.3) is 0 Å². The van der Waals surface area contributed by atoms with Gasteiger partial charge in [0.05, 0.1) is 0 Å². The second kappa shape index (κ2) is 9.60. The number of hydrogen-bond donors (Lipinski definition) is 2. The van der Waals surface area contributed by atoms with Gasteiger partial charge in [0, 0.05) is 49.3 Å². The molecule has 0 atom stereocenters. The lowest BCUT2D eigenvalue weighted by molar-refractivity contribution is -0.116. The minimum absolute atomic E-state index is 0.0512. The Morgan fingerprint density at radius 3 is 2.81 bits per heavy atom. The quantitative estimate of drug-likeness (QED) is 0.758. The Labute approximate surface area is 165 Å². The zero-order valence-electron chi connectivity index (χ0n) is 15.9. The second-order valence-electron chi connectivity index (χ2n) is 7.06. The number of carbonyl (C=O) groups is 1. The summed E-state index contributed by atoms with van der Waals surface area (Å²) in [7, 11) is 0. The Balaban J connectivity index is 1.58. The van der Waals surface area contributed by atoms with Gasteiger partial charge in [-0.2, -0.15) is 11.8 Å². The molecule has 0 unspecified atom stereocenters. The molecule has 144 valence electrons. The first kappa shape index (κ1) is 19.5.